The van der Waals surface area contributed by atoms with Gasteiger partial charge in [-0.15, -0.1) is 0 Å². The quantitative estimate of drug-likeness (QED) is 0.0377. The van der Waals surface area contributed by atoms with E-state index in [0.717, 1.165) is 44.9 Å². The number of carbonyl (C=O) groups excluding carboxylic acids is 1. The first-order valence-electron chi connectivity index (χ1n) is 26.7. The monoisotopic (exact) mass is 841 g/mol. The Bertz CT molecular complexity index is 936. The molecule has 0 aliphatic heterocycles. The molecule has 4 heteroatoms. The van der Waals surface area contributed by atoms with Crippen molar-refractivity contribution >= 4 is 5.97 Å². The molecule has 0 spiro atoms. The van der Waals surface area contributed by atoms with Gasteiger partial charge in [0.25, 0.3) is 0 Å². The summed E-state index contributed by atoms with van der Waals surface area (Å²) in [6, 6.07) is 0. The fourth-order valence-corrected chi connectivity index (χ4v) is 7.97. The average molecular weight is 841 g/mol. The SMILES string of the molecule is CC/C=C\C/C=C\C/C=C\C/C=C\CCCCCCCCCCCCC(=O)OC(CO)COCCCCCCCCCCCCCCCCCCCCCCCCCCC. The van der Waals surface area contributed by atoms with E-state index >= 15 is 0 Å². The summed E-state index contributed by atoms with van der Waals surface area (Å²) in [7, 11) is 0. The molecule has 0 aromatic carbocycles. The Labute approximate surface area is 375 Å². The standard InChI is InChI=1S/C56H104O4/c1-3-5-7-9-11-13-15-17-19-21-23-25-27-28-30-32-34-36-38-40-42-44-46-48-50-52-59-54-55(53-57)60-56(58)51-49-47-45-43-41-39-37-35-33-31-29-26-24-22-20-18-16-14-12-10-8-6-4-2/h6,8,12,14,18,20,24,26,55,57H,3-5,7,9-11,13,15-17,19,21-23,25,27-54H2,1-2H3/b8-6-,14-12-,20-18-,26-24-. The molecule has 0 saturated carbocycles. The first-order valence-corrected chi connectivity index (χ1v) is 26.7. The third kappa shape index (κ3) is 50.7. The van der Waals surface area contributed by atoms with Crippen LogP contribution in [0.1, 0.15) is 277 Å². The van der Waals surface area contributed by atoms with Crippen molar-refractivity contribution in [2.45, 2.75) is 283 Å². The van der Waals surface area contributed by atoms with Gasteiger partial charge in [0.2, 0.25) is 0 Å². The van der Waals surface area contributed by atoms with Crippen LogP contribution in [0.3, 0.4) is 0 Å². The maximum absolute atomic E-state index is 12.3. The van der Waals surface area contributed by atoms with Gasteiger partial charge in [0.15, 0.2) is 0 Å². The highest BCUT2D eigenvalue weighted by Gasteiger charge is 2.13. The second-order valence-corrected chi connectivity index (χ2v) is 17.9. The van der Waals surface area contributed by atoms with Gasteiger partial charge in [0.1, 0.15) is 6.10 Å². The van der Waals surface area contributed by atoms with Crippen LogP contribution in [0.15, 0.2) is 48.6 Å². The number of hydrogen-bond acceptors (Lipinski definition) is 4. The van der Waals surface area contributed by atoms with Crippen molar-refractivity contribution in [2.75, 3.05) is 19.8 Å². The molecule has 0 heterocycles. The predicted octanol–water partition coefficient (Wildman–Crippen LogP) is 18.2. The lowest BCUT2D eigenvalue weighted by molar-refractivity contribution is -0.154. The first kappa shape index (κ1) is 58.4. The van der Waals surface area contributed by atoms with E-state index in [4.69, 9.17) is 9.47 Å². The van der Waals surface area contributed by atoms with Crippen LogP contribution in [0, 0.1) is 0 Å². The maximum atomic E-state index is 12.3. The first-order chi connectivity index (χ1) is 29.7. The van der Waals surface area contributed by atoms with Gasteiger partial charge < -0.3 is 14.6 Å². The van der Waals surface area contributed by atoms with E-state index in [1.165, 1.54) is 212 Å². The van der Waals surface area contributed by atoms with Gasteiger partial charge in [-0.25, -0.2) is 0 Å². The largest absolute Gasteiger partial charge is 0.457 e. The molecule has 0 radical (unpaired) electrons. The summed E-state index contributed by atoms with van der Waals surface area (Å²) < 4.78 is 11.2. The predicted molar refractivity (Wildman–Crippen MR) is 265 cm³/mol. The smallest absolute Gasteiger partial charge is 0.306 e. The normalized spacial score (nSPS) is 12.7. The van der Waals surface area contributed by atoms with E-state index in [2.05, 4.69) is 62.5 Å². The number of ether oxygens (including phenoxy) is 2. The number of aliphatic hydroxyl groups is 1. The van der Waals surface area contributed by atoms with Crippen LogP contribution in [0.2, 0.25) is 0 Å². The molecule has 1 unspecified atom stereocenters. The second-order valence-electron chi connectivity index (χ2n) is 17.9. The molecular formula is C56H104O4. The van der Waals surface area contributed by atoms with Crippen molar-refractivity contribution in [3.05, 3.63) is 48.6 Å². The third-order valence-electron chi connectivity index (χ3n) is 11.9. The molecule has 0 aromatic heterocycles. The molecule has 352 valence electrons. The summed E-state index contributed by atoms with van der Waals surface area (Å²) in [5.41, 5.74) is 0. The molecule has 4 nitrogen and oxygen atoms in total. The molecule has 1 atom stereocenters. The zero-order chi connectivity index (χ0) is 43.3. The summed E-state index contributed by atoms with van der Waals surface area (Å²) in [5.74, 6) is -0.201. The second kappa shape index (κ2) is 53.5. The zero-order valence-electron chi connectivity index (χ0n) is 40.5. The molecule has 0 rings (SSSR count). The molecule has 0 saturated heterocycles. The van der Waals surface area contributed by atoms with Gasteiger partial charge in [-0.1, -0.05) is 268 Å². The minimum Gasteiger partial charge on any atom is -0.457 e. The van der Waals surface area contributed by atoms with Crippen molar-refractivity contribution in [2.24, 2.45) is 0 Å². The summed E-state index contributed by atoms with van der Waals surface area (Å²) in [6.07, 6.45) is 70.7. The van der Waals surface area contributed by atoms with Gasteiger partial charge in [-0.2, -0.15) is 0 Å². The van der Waals surface area contributed by atoms with E-state index in [9.17, 15) is 9.90 Å². The number of esters is 1. The third-order valence-corrected chi connectivity index (χ3v) is 11.9. The van der Waals surface area contributed by atoms with Crippen molar-refractivity contribution < 1.29 is 19.4 Å². The van der Waals surface area contributed by atoms with Crippen LogP contribution >= 0.6 is 0 Å². The number of aliphatic hydroxyl groups excluding tert-OH is 1. The van der Waals surface area contributed by atoms with Gasteiger partial charge in [-0.05, 0) is 51.4 Å². The Kier molecular flexibility index (Phi) is 52.0. The van der Waals surface area contributed by atoms with Crippen LogP contribution < -0.4 is 0 Å². The molecule has 60 heavy (non-hydrogen) atoms. The summed E-state index contributed by atoms with van der Waals surface area (Å²) in [6.45, 7) is 5.28. The summed E-state index contributed by atoms with van der Waals surface area (Å²) in [5, 5.41) is 9.66. The summed E-state index contributed by atoms with van der Waals surface area (Å²) in [4.78, 5) is 12.3. The van der Waals surface area contributed by atoms with E-state index in [-0.39, 0.29) is 12.6 Å². The Morgan fingerprint density at radius 3 is 1.13 bits per heavy atom. The van der Waals surface area contributed by atoms with E-state index in [1.54, 1.807) is 0 Å². The van der Waals surface area contributed by atoms with Crippen LogP contribution in [0.4, 0.5) is 0 Å². The van der Waals surface area contributed by atoms with Crippen molar-refractivity contribution in [1.29, 1.82) is 0 Å². The molecular weight excluding hydrogens is 737 g/mol. The van der Waals surface area contributed by atoms with E-state index < -0.39 is 6.10 Å². The highest BCUT2D eigenvalue weighted by Crippen LogP contribution is 2.17. The zero-order valence-corrected chi connectivity index (χ0v) is 40.5. The van der Waals surface area contributed by atoms with Gasteiger partial charge in [-0.3, -0.25) is 4.79 Å². The topological polar surface area (TPSA) is 55.8 Å². The Balaban J connectivity index is 3.37. The molecule has 1 N–H and O–H groups in total. The molecule has 0 bridgehead atoms. The van der Waals surface area contributed by atoms with Gasteiger partial charge in [0.05, 0.1) is 13.2 Å². The van der Waals surface area contributed by atoms with Crippen LogP contribution in [-0.2, 0) is 14.3 Å². The van der Waals surface area contributed by atoms with E-state index in [1.807, 2.05) is 0 Å². The average Bonchev–Trinajstić information content (AvgIpc) is 3.25. The molecule has 0 amide bonds. The molecule has 0 aliphatic carbocycles. The number of allylic oxidation sites excluding steroid dienone is 8. The van der Waals surface area contributed by atoms with Crippen molar-refractivity contribution in [3.63, 3.8) is 0 Å². The minimum atomic E-state index is -0.536. The summed E-state index contributed by atoms with van der Waals surface area (Å²) >= 11 is 0. The van der Waals surface area contributed by atoms with Crippen LogP contribution in [0.5, 0.6) is 0 Å². The Hall–Kier alpha value is -1.65. The fraction of sp³-hybridized carbons (Fsp3) is 0.839. The van der Waals surface area contributed by atoms with Gasteiger partial charge in [0, 0.05) is 13.0 Å². The number of carbonyl (C=O) groups is 1. The minimum absolute atomic E-state index is 0.171. The van der Waals surface area contributed by atoms with Crippen molar-refractivity contribution in [1.82, 2.24) is 0 Å². The van der Waals surface area contributed by atoms with Gasteiger partial charge >= 0.3 is 5.97 Å². The number of unbranched alkanes of at least 4 members (excludes halogenated alkanes) is 34. The lowest BCUT2D eigenvalue weighted by Gasteiger charge is -2.16. The van der Waals surface area contributed by atoms with Crippen molar-refractivity contribution in [3.8, 4) is 0 Å². The maximum Gasteiger partial charge on any atom is 0.306 e. The van der Waals surface area contributed by atoms with Crippen LogP contribution in [0.25, 0.3) is 0 Å². The highest BCUT2D eigenvalue weighted by atomic mass is 16.6. The fourth-order valence-electron chi connectivity index (χ4n) is 7.97. The molecule has 0 aliphatic rings. The number of rotatable bonds is 50. The molecule has 0 aromatic rings. The molecule has 0 fully saturated rings. The van der Waals surface area contributed by atoms with E-state index in [0.29, 0.717) is 19.6 Å². The highest BCUT2D eigenvalue weighted by molar-refractivity contribution is 5.69. The Morgan fingerprint density at radius 1 is 0.417 bits per heavy atom. The lowest BCUT2D eigenvalue weighted by Crippen LogP contribution is -2.27. The Morgan fingerprint density at radius 2 is 0.750 bits per heavy atom. The lowest BCUT2D eigenvalue weighted by atomic mass is 10.0. The van der Waals surface area contributed by atoms with Crippen LogP contribution in [-0.4, -0.2) is 37.0 Å². The number of hydrogen-bond donors (Lipinski definition) is 1.